The van der Waals surface area contributed by atoms with Gasteiger partial charge in [0.05, 0.1) is 10.4 Å². The highest BCUT2D eigenvalue weighted by molar-refractivity contribution is 7.12. The molecule has 130 valence electrons. The van der Waals surface area contributed by atoms with Gasteiger partial charge in [-0.05, 0) is 42.2 Å². The van der Waals surface area contributed by atoms with Gasteiger partial charge in [-0.15, -0.1) is 11.3 Å². The average molecular weight is 353 g/mol. The van der Waals surface area contributed by atoms with Gasteiger partial charge in [-0.25, -0.2) is 0 Å². The quantitative estimate of drug-likeness (QED) is 0.754. The largest absolute Gasteiger partial charge is 0.338 e. The monoisotopic (exact) mass is 353 g/mol. The molecule has 2 atom stereocenters. The minimum absolute atomic E-state index is 0.0181. The maximum atomic E-state index is 13.1. The van der Waals surface area contributed by atoms with Gasteiger partial charge in [0, 0.05) is 18.7 Å². The lowest BCUT2D eigenvalue weighted by Gasteiger charge is -2.41. The van der Waals surface area contributed by atoms with E-state index in [1.807, 2.05) is 34.5 Å². The zero-order valence-corrected chi connectivity index (χ0v) is 15.1. The fourth-order valence-corrected chi connectivity index (χ4v) is 5.04. The Hall–Kier alpha value is -1.94. The molecular weight excluding hydrogens is 330 g/mol. The van der Waals surface area contributed by atoms with Gasteiger partial charge in [-0.3, -0.25) is 9.59 Å². The van der Waals surface area contributed by atoms with E-state index in [9.17, 15) is 9.59 Å². The number of hydrogen-bond acceptors (Lipinski definition) is 3. The van der Waals surface area contributed by atoms with E-state index in [2.05, 4.69) is 0 Å². The molecule has 0 spiro atoms. The molecule has 3 nitrogen and oxygen atoms in total. The Morgan fingerprint density at radius 1 is 0.920 bits per heavy atom. The number of ketones is 1. The maximum Gasteiger partial charge on any atom is 0.254 e. The average Bonchev–Trinajstić information content (AvgIpc) is 3.21. The summed E-state index contributed by atoms with van der Waals surface area (Å²) in [4.78, 5) is 28.6. The minimum atomic E-state index is -0.0495. The predicted octanol–water partition coefficient (Wildman–Crippen LogP) is 4.63. The zero-order valence-electron chi connectivity index (χ0n) is 14.3. The van der Waals surface area contributed by atoms with Gasteiger partial charge >= 0.3 is 0 Å². The van der Waals surface area contributed by atoms with Crippen LogP contribution in [0.15, 0.2) is 41.8 Å². The number of benzene rings is 1. The van der Waals surface area contributed by atoms with Crippen LogP contribution in [0.3, 0.4) is 0 Å². The van der Waals surface area contributed by atoms with Crippen molar-refractivity contribution in [2.45, 2.75) is 32.1 Å². The summed E-state index contributed by atoms with van der Waals surface area (Å²) in [6, 6.07) is 11.0. The van der Waals surface area contributed by atoms with Crippen molar-refractivity contribution in [2.75, 3.05) is 13.1 Å². The van der Waals surface area contributed by atoms with Crippen LogP contribution in [0.2, 0.25) is 0 Å². The Morgan fingerprint density at radius 3 is 2.44 bits per heavy atom. The van der Waals surface area contributed by atoms with E-state index in [0.29, 0.717) is 21.9 Å². The van der Waals surface area contributed by atoms with E-state index in [1.54, 1.807) is 12.1 Å². The van der Waals surface area contributed by atoms with Crippen LogP contribution in [0.5, 0.6) is 0 Å². The SMILES string of the molecule is O=C(c1cccs1)c1ccccc1C(=O)N1CC[C@H]2CCCC[C@H]2C1. The van der Waals surface area contributed by atoms with Gasteiger partial charge in [0.15, 0.2) is 0 Å². The third-order valence-corrected chi connectivity index (χ3v) is 6.59. The first-order valence-electron chi connectivity index (χ1n) is 9.20. The fourth-order valence-electron chi connectivity index (χ4n) is 4.36. The van der Waals surface area contributed by atoms with Crippen molar-refractivity contribution in [1.82, 2.24) is 4.90 Å². The smallest absolute Gasteiger partial charge is 0.254 e. The molecule has 0 unspecified atom stereocenters. The summed E-state index contributed by atoms with van der Waals surface area (Å²) >= 11 is 1.42. The maximum absolute atomic E-state index is 13.1. The van der Waals surface area contributed by atoms with Crippen LogP contribution >= 0.6 is 11.3 Å². The number of piperidine rings is 1. The van der Waals surface area contributed by atoms with Gasteiger partial charge in [0.2, 0.25) is 5.78 Å². The Morgan fingerprint density at radius 2 is 1.68 bits per heavy atom. The molecule has 1 amide bonds. The number of amides is 1. The lowest BCUT2D eigenvalue weighted by atomic mass is 9.75. The fraction of sp³-hybridized carbons (Fsp3) is 0.429. The van der Waals surface area contributed by atoms with Crippen LogP contribution < -0.4 is 0 Å². The van der Waals surface area contributed by atoms with Crippen LogP contribution in [0.4, 0.5) is 0 Å². The van der Waals surface area contributed by atoms with Crippen molar-refractivity contribution in [3.8, 4) is 0 Å². The second-order valence-electron chi connectivity index (χ2n) is 7.20. The highest BCUT2D eigenvalue weighted by Crippen LogP contribution is 2.36. The molecule has 0 radical (unpaired) electrons. The summed E-state index contributed by atoms with van der Waals surface area (Å²) in [6.45, 7) is 1.67. The molecule has 4 rings (SSSR count). The summed E-state index contributed by atoms with van der Waals surface area (Å²) in [6.07, 6.45) is 6.30. The van der Waals surface area contributed by atoms with Crippen molar-refractivity contribution in [2.24, 2.45) is 11.8 Å². The van der Waals surface area contributed by atoms with Gasteiger partial charge in [0.1, 0.15) is 0 Å². The Balaban J connectivity index is 1.57. The second kappa shape index (κ2) is 7.12. The first-order valence-corrected chi connectivity index (χ1v) is 10.1. The van der Waals surface area contributed by atoms with E-state index < -0.39 is 0 Å². The molecule has 1 aliphatic heterocycles. The normalized spacial score (nSPS) is 23.1. The molecule has 2 aromatic rings. The summed E-state index contributed by atoms with van der Waals surface area (Å²) in [5, 5.41) is 1.89. The lowest BCUT2D eigenvalue weighted by molar-refractivity contribution is 0.0519. The van der Waals surface area contributed by atoms with Crippen molar-refractivity contribution in [1.29, 1.82) is 0 Å². The Labute approximate surface area is 152 Å². The van der Waals surface area contributed by atoms with Crippen molar-refractivity contribution >= 4 is 23.0 Å². The van der Waals surface area contributed by atoms with Crippen LogP contribution in [0.1, 0.15) is 57.7 Å². The summed E-state index contributed by atoms with van der Waals surface area (Å²) in [7, 11) is 0. The van der Waals surface area contributed by atoms with Crippen LogP contribution in [-0.2, 0) is 0 Å². The molecule has 1 aliphatic carbocycles. The summed E-state index contributed by atoms with van der Waals surface area (Å²) < 4.78 is 0. The van der Waals surface area contributed by atoms with E-state index >= 15 is 0 Å². The van der Waals surface area contributed by atoms with Gasteiger partial charge in [0.25, 0.3) is 5.91 Å². The number of carbonyl (C=O) groups excluding carboxylic acids is 2. The number of carbonyl (C=O) groups is 2. The molecule has 25 heavy (non-hydrogen) atoms. The van der Waals surface area contributed by atoms with Gasteiger partial charge in [-0.1, -0.05) is 43.5 Å². The zero-order chi connectivity index (χ0) is 17.2. The number of hydrogen-bond donors (Lipinski definition) is 0. The Kier molecular flexibility index (Phi) is 4.71. The van der Waals surface area contributed by atoms with Crippen LogP contribution in [0.25, 0.3) is 0 Å². The highest BCUT2D eigenvalue weighted by Gasteiger charge is 2.34. The number of fused-ring (bicyclic) bond motifs is 1. The predicted molar refractivity (Wildman–Crippen MR) is 100 cm³/mol. The summed E-state index contributed by atoms with van der Waals surface area (Å²) in [5.74, 6) is 1.41. The third kappa shape index (κ3) is 3.28. The molecule has 0 bridgehead atoms. The molecule has 4 heteroatoms. The molecule has 1 saturated heterocycles. The number of likely N-dealkylation sites (tertiary alicyclic amines) is 1. The first-order chi connectivity index (χ1) is 12.2. The van der Waals surface area contributed by atoms with Crippen LogP contribution in [-0.4, -0.2) is 29.7 Å². The van der Waals surface area contributed by atoms with Crippen molar-refractivity contribution in [3.05, 3.63) is 57.8 Å². The molecular formula is C21H23NO2S. The number of rotatable bonds is 3. The first kappa shape index (κ1) is 16.5. The second-order valence-corrected chi connectivity index (χ2v) is 8.14. The molecule has 1 aromatic carbocycles. The topological polar surface area (TPSA) is 37.4 Å². The van der Waals surface area contributed by atoms with E-state index in [0.717, 1.165) is 25.4 Å². The molecule has 2 fully saturated rings. The molecule has 0 N–H and O–H groups in total. The van der Waals surface area contributed by atoms with E-state index in [-0.39, 0.29) is 11.7 Å². The molecule has 2 heterocycles. The van der Waals surface area contributed by atoms with E-state index in [1.165, 1.54) is 37.0 Å². The molecule has 1 aromatic heterocycles. The van der Waals surface area contributed by atoms with Crippen molar-refractivity contribution in [3.63, 3.8) is 0 Å². The minimum Gasteiger partial charge on any atom is -0.338 e. The van der Waals surface area contributed by atoms with Gasteiger partial charge < -0.3 is 4.90 Å². The van der Waals surface area contributed by atoms with Crippen molar-refractivity contribution < 1.29 is 9.59 Å². The Bertz CT molecular complexity index is 768. The molecule has 1 saturated carbocycles. The summed E-state index contributed by atoms with van der Waals surface area (Å²) in [5.41, 5.74) is 1.08. The standard InChI is InChI=1S/C21H23NO2S/c23-20(19-10-5-13-25-19)17-8-3-4-9-18(17)21(24)22-12-11-15-6-1-2-7-16(15)14-22/h3-5,8-10,13,15-16H,1-2,6-7,11-12,14H2/t15-,16+/m1/s1. The van der Waals surface area contributed by atoms with Crippen LogP contribution in [0, 0.1) is 11.8 Å². The van der Waals surface area contributed by atoms with E-state index in [4.69, 9.17) is 0 Å². The third-order valence-electron chi connectivity index (χ3n) is 5.73. The van der Waals surface area contributed by atoms with Gasteiger partial charge in [-0.2, -0.15) is 0 Å². The number of thiophene rings is 1. The number of nitrogens with zero attached hydrogens (tertiary/aromatic N) is 1. The highest BCUT2D eigenvalue weighted by atomic mass is 32.1. The molecule has 2 aliphatic rings. The lowest BCUT2D eigenvalue weighted by Crippen LogP contribution is -2.45.